The predicted octanol–water partition coefficient (Wildman–Crippen LogP) is 4.67. The SMILES string of the molecule is COc1ccc(CNC(=O)Nc2ccccc2SCC(F)(F)F)cc1. The molecule has 0 aliphatic carbocycles. The number of hydrogen-bond donors (Lipinski definition) is 2. The third kappa shape index (κ3) is 6.58. The van der Waals surface area contributed by atoms with Crippen molar-refractivity contribution in [2.75, 3.05) is 18.2 Å². The molecule has 0 radical (unpaired) electrons. The number of alkyl halides is 3. The molecule has 0 heterocycles. The molecule has 4 nitrogen and oxygen atoms in total. The van der Waals surface area contributed by atoms with Crippen molar-refractivity contribution in [3.05, 3.63) is 54.1 Å². The molecular formula is C17H17F3N2O2S. The Balaban J connectivity index is 1.91. The van der Waals surface area contributed by atoms with Crippen LogP contribution in [0.25, 0.3) is 0 Å². The average Bonchev–Trinajstić information content (AvgIpc) is 2.59. The molecule has 0 saturated heterocycles. The number of thioether (sulfide) groups is 1. The third-order valence-corrected chi connectivity index (χ3v) is 4.28. The summed E-state index contributed by atoms with van der Waals surface area (Å²) in [6.07, 6.45) is -4.27. The molecule has 0 atom stereocenters. The van der Waals surface area contributed by atoms with Gasteiger partial charge in [0, 0.05) is 11.4 Å². The van der Waals surface area contributed by atoms with E-state index in [1.54, 1.807) is 37.4 Å². The van der Waals surface area contributed by atoms with Gasteiger partial charge in [-0.15, -0.1) is 11.8 Å². The maximum atomic E-state index is 12.4. The van der Waals surface area contributed by atoms with Crippen LogP contribution in [0, 0.1) is 0 Å². The van der Waals surface area contributed by atoms with Crippen LogP contribution in [0.3, 0.4) is 0 Å². The van der Waals surface area contributed by atoms with Crippen molar-refractivity contribution in [2.24, 2.45) is 0 Å². The normalized spacial score (nSPS) is 11.0. The number of carbonyl (C=O) groups excluding carboxylic acids is 1. The summed E-state index contributed by atoms with van der Waals surface area (Å²) in [7, 11) is 1.56. The Morgan fingerprint density at radius 2 is 1.80 bits per heavy atom. The fourth-order valence-corrected chi connectivity index (χ4v) is 2.72. The van der Waals surface area contributed by atoms with Gasteiger partial charge in [-0.2, -0.15) is 13.2 Å². The Kier molecular flexibility index (Phi) is 6.58. The van der Waals surface area contributed by atoms with Crippen LogP contribution in [0.1, 0.15) is 5.56 Å². The van der Waals surface area contributed by atoms with Gasteiger partial charge in [-0.1, -0.05) is 24.3 Å². The molecule has 0 fully saturated rings. The Hall–Kier alpha value is -2.35. The van der Waals surface area contributed by atoms with Gasteiger partial charge in [0.05, 0.1) is 18.6 Å². The average molecular weight is 370 g/mol. The van der Waals surface area contributed by atoms with E-state index >= 15 is 0 Å². The van der Waals surface area contributed by atoms with Crippen molar-refractivity contribution >= 4 is 23.5 Å². The highest BCUT2D eigenvalue weighted by atomic mass is 32.2. The first kappa shape index (κ1) is 19.0. The van der Waals surface area contributed by atoms with Gasteiger partial charge in [0.1, 0.15) is 5.75 Å². The predicted molar refractivity (Wildman–Crippen MR) is 92.1 cm³/mol. The lowest BCUT2D eigenvalue weighted by molar-refractivity contribution is -0.105. The number of hydrogen-bond acceptors (Lipinski definition) is 3. The minimum atomic E-state index is -4.27. The highest BCUT2D eigenvalue weighted by Gasteiger charge is 2.27. The van der Waals surface area contributed by atoms with E-state index in [0.717, 1.165) is 5.56 Å². The zero-order valence-electron chi connectivity index (χ0n) is 13.4. The van der Waals surface area contributed by atoms with Crippen LogP contribution in [0.5, 0.6) is 5.75 Å². The van der Waals surface area contributed by atoms with Gasteiger partial charge in [0.2, 0.25) is 0 Å². The number of urea groups is 1. The van der Waals surface area contributed by atoms with Crippen molar-refractivity contribution in [3.63, 3.8) is 0 Å². The van der Waals surface area contributed by atoms with Gasteiger partial charge in [0.25, 0.3) is 0 Å². The summed E-state index contributed by atoms with van der Waals surface area (Å²) in [5.74, 6) is -0.303. The van der Waals surface area contributed by atoms with E-state index < -0.39 is 18.0 Å². The van der Waals surface area contributed by atoms with E-state index in [0.29, 0.717) is 28.1 Å². The van der Waals surface area contributed by atoms with E-state index in [1.165, 1.54) is 6.07 Å². The minimum absolute atomic E-state index is 0.285. The molecular weight excluding hydrogens is 353 g/mol. The highest BCUT2D eigenvalue weighted by molar-refractivity contribution is 7.99. The monoisotopic (exact) mass is 370 g/mol. The number of rotatable bonds is 6. The molecule has 2 amide bonds. The molecule has 2 N–H and O–H groups in total. The maximum Gasteiger partial charge on any atom is 0.398 e. The van der Waals surface area contributed by atoms with E-state index in [1.807, 2.05) is 12.1 Å². The van der Waals surface area contributed by atoms with Gasteiger partial charge in [-0.05, 0) is 29.8 Å². The third-order valence-electron chi connectivity index (χ3n) is 3.14. The Morgan fingerprint density at radius 1 is 1.12 bits per heavy atom. The Labute approximate surface area is 147 Å². The van der Waals surface area contributed by atoms with E-state index in [9.17, 15) is 18.0 Å². The van der Waals surface area contributed by atoms with Gasteiger partial charge < -0.3 is 15.4 Å². The van der Waals surface area contributed by atoms with Crippen molar-refractivity contribution in [3.8, 4) is 5.75 Å². The number of methoxy groups -OCH3 is 1. The number of nitrogens with one attached hydrogen (secondary N) is 2. The fourth-order valence-electron chi connectivity index (χ4n) is 1.95. The Bertz CT molecular complexity index is 706. The lowest BCUT2D eigenvalue weighted by Crippen LogP contribution is -2.28. The topological polar surface area (TPSA) is 50.4 Å². The molecule has 0 aliphatic rings. The first-order valence-corrected chi connectivity index (χ1v) is 8.32. The number of para-hydroxylation sites is 1. The van der Waals surface area contributed by atoms with Gasteiger partial charge >= 0.3 is 12.2 Å². The van der Waals surface area contributed by atoms with Crippen LogP contribution >= 0.6 is 11.8 Å². The summed E-state index contributed by atoms with van der Waals surface area (Å²) < 4.78 is 42.2. The van der Waals surface area contributed by atoms with Crippen LogP contribution in [0.4, 0.5) is 23.7 Å². The van der Waals surface area contributed by atoms with Gasteiger partial charge in [0.15, 0.2) is 0 Å². The van der Waals surface area contributed by atoms with Crippen LogP contribution in [0.15, 0.2) is 53.4 Å². The summed E-state index contributed by atoms with van der Waals surface area (Å²) in [4.78, 5) is 12.3. The van der Waals surface area contributed by atoms with Crippen LogP contribution in [0.2, 0.25) is 0 Å². The standard InChI is InChI=1S/C17H17F3N2O2S/c1-24-13-8-6-12(7-9-13)10-21-16(23)22-14-4-2-3-5-15(14)25-11-17(18,19)20/h2-9H,10-11H2,1H3,(H2,21,22,23). The number of ether oxygens (including phenoxy) is 1. The zero-order valence-corrected chi connectivity index (χ0v) is 14.2. The molecule has 2 aromatic rings. The molecule has 25 heavy (non-hydrogen) atoms. The lowest BCUT2D eigenvalue weighted by Gasteiger charge is -2.12. The quantitative estimate of drug-likeness (QED) is 0.727. The molecule has 0 aromatic heterocycles. The summed E-state index contributed by atoms with van der Waals surface area (Å²) in [6, 6.07) is 13.1. The van der Waals surface area contributed by atoms with E-state index in [2.05, 4.69) is 10.6 Å². The van der Waals surface area contributed by atoms with Crippen LogP contribution in [-0.2, 0) is 6.54 Å². The molecule has 2 rings (SSSR count). The molecule has 0 bridgehead atoms. The molecule has 8 heteroatoms. The number of halogens is 3. The minimum Gasteiger partial charge on any atom is -0.497 e. The summed E-state index contributed by atoms with van der Waals surface area (Å²) >= 11 is 0.633. The number of anilines is 1. The summed E-state index contributed by atoms with van der Waals surface area (Å²) in [5.41, 5.74) is 1.21. The first-order valence-electron chi connectivity index (χ1n) is 7.34. The molecule has 134 valence electrons. The molecule has 2 aromatic carbocycles. The van der Waals surface area contributed by atoms with Crippen molar-refractivity contribution in [2.45, 2.75) is 17.6 Å². The number of carbonyl (C=O) groups is 1. The molecule has 0 saturated carbocycles. The van der Waals surface area contributed by atoms with E-state index in [4.69, 9.17) is 4.74 Å². The first-order chi connectivity index (χ1) is 11.9. The van der Waals surface area contributed by atoms with Crippen molar-refractivity contribution in [1.82, 2.24) is 5.32 Å². The van der Waals surface area contributed by atoms with Gasteiger partial charge in [-0.25, -0.2) is 4.79 Å². The second-order valence-electron chi connectivity index (χ2n) is 5.06. The molecule has 0 aliphatic heterocycles. The Morgan fingerprint density at radius 3 is 2.44 bits per heavy atom. The molecule has 0 spiro atoms. The van der Waals surface area contributed by atoms with E-state index in [-0.39, 0.29) is 6.54 Å². The maximum absolute atomic E-state index is 12.4. The largest absolute Gasteiger partial charge is 0.497 e. The lowest BCUT2D eigenvalue weighted by atomic mass is 10.2. The smallest absolute Gasteiger partial charge is 0.398 e. The number of benzene rings is 2. The molecule has 0 unspecified atom stereocenters. The summed E-state index contributed by atoms with van der Waals surface area (Å²) in [6.45, 7) is 0.285. The zero-order chi connectivity index (χ0) is 18.3. The summed E-state index contributed by atoms with van der Waals surface area (Å²) in [5, 5.41) is 5.24. The van der Waals surface area contributed by atoms with Crippen LogP contribution in [-0.4, -0.2) is 25.1 Å². The van der Waals surface area contributed by atoms with Crippen molar-refractivity contribution < 1.29 is 22.7 Å². The highest BCUT2D eigenvalue weighted by Crippen LogP contribution is 2.32. The van der Waals surface area contributed by atoms with Crippen LogP contribution < -0.4 is 15.4 Å². The van der Waals surface area contributed by atoms with Gasteiger partial charge in [-0.3, -0.25) is 0 Å². The second kappa shape index (κ2) is 8.66. The fraction of sp³-hybridized carbons (Fsp3) is 0.235. The number of amides is 2. The second-order valence-corrected chi connectivity index (χ2v) is 6.07. The van der Waals surface area contributed by atoms with Crippen molar-refractivity contribution in [1.29, 1.82) is 0 Å².